The Balaban J connectivity index is 1.88. The van der Waals surface area contributed by atoms with Gasteiger partial charge in [-0.3, -0.25) is 9.78 Å². The zero-order valence-corrected chi connectivity index (χ0v) is 12.6. The number of nitrogens with zero attached hydrogens (tertiary/aromatic N) is 2. The number of para-hydroxylation sites is 2. The van der Waals surface area contributed by atoms with E-state index in [1.54, 1.807) is 0 Å². The number of rotatable bonds is 4. The molecule has 4 nitrogen and oxygen atoms in total. The van der Waals surface area contributed by atoms with E-state index in [1.165, 1.54) is 0 Å². The summed E-state index contributed by atoms with van der Waals surface area (Å²) in [6, 6.07) is 7.89. The predicted molar refractivity (Wildman–Crippen MR) is 82.8 cm³/mol. The maximum absolute atomic E-state index is 11.7. The molecule has 110 valence electrons. The van der Waals surface area contributed by atoms with Gasteiger partial charge in [0, 0.05) is 24.6 Å². The molecule has 0 aliphatic carbocycles. The number of amides is 1. The number of carbonyl (C=O) groups excluding carboxylic acids is 1. The van der Waals surface area contributed by atoms with Gasteiger partial charge < -0.3 is 5.32 Å². The van der Waals surface area contributed by atoms with Gasteiger partial charge in [0.15, 0.2) is 0 Å². The van der Waals surface area contributed by atoms with Crippen LogP contribution in [-0.4, -0.2) is 21.4 Å². The molecule has 0 bridgehead atoms. The fourth-order valence-corrected chi connectivity index (χ4v) is 3.34. The molecule has 1 aliphatic heterocycles. The summed E-state index contributed by atoms with van der Waals surface area (Å²) in [5.41, 5.74) is 2.63. The molecule has 2 aromatic rings. The third-order valence-corrected chi connectivity index (χ3v) is 4.05. The maximum Gasteiger partial charge on any atom is 0.220 e. The van der Waals surface area contributed by atoms with Crippen molar-refractivity contribution in [1.82, 2.24) is 15.3 Å². The van der Waals surface area contributed by atoms with Crippen molar-refractivity contribution in [2.24, 2.45) is 5.92 Å². The number of fused-ring (bicyclic) bond motifs is 1. The number of nitrogens with one attached hydrogen (secondary N) is 1. The lowest BCUT2D eigenvalue weighted by molar-refractivity contribution is -0.119. The molecule has 0 spiro atoms. The quantitative estimate of drug-likeness (QED) is 0.938. The van der Waals surface area contributed by atoms with E-state index in [2.05, 4.69) is 24.1 Å². The van der Waals surface area contributed by atoms with Crippen LogP contribution in [0.1, 0.15) is 38.8 Å². The van der Waals surface area contributed by atoms with Crippen LogP contribution in [0.5, 0.6) is 0 Å². The maximum atomic E-state index is 11.7. The summed E-state index contributed by atoms with van der Waals surface area (Å²) >= 11 is 0. The van der Waals surface area contributed by atoms with Gasteiger partial charge in [0.25, 0.3) is 0 Å². The van der Waals surface area contributed by atoms with E-state index in [9.17, 15) is 4.79 Å². The van der Waals surface area contributed by atoms with E-state index >= 15 is 0 Å². The molecule has 1 aromatic heterocycles. The van der Waals surface area contributed by atoms with Crippen LogP contribution in [0.15, 0.2) is 30.5 Å². The van der Waals surface area contributed by atoms with Crippen molar-refractivity contribution >= 4 is 16.9 Å². The first-order chi connectivity index (χ1) is 10.1. The zero-order chi connectivity index (χ0) is 14.9. The molecular formula is C17H21N3O. The molecule has 1 saturated heterocycles. The Labute approximate surface area is 125 Å². The van der Waals surface area contributed by atoms with Gasteiger partial charge in [-0.25, -0.2) is 4.98 Å². The Morgan fingerprint density at radius 2 is 2.05 bits per heavy atom. The third-order valence-electron chi connectivity index (χ3n) is 4.05. The summed E-state index contributed by atoms with van der Waals surface area (Å²) in [5, 5.41) is 3.19. The second-order valence-electron chi connectivity index (χ2n) is 6.45. The Kier molecular flexibility index (Phi) is 3.62. The average Bonchev–Trinajstić information content (AvgIpc) is 2.78. The van der Waals surface area contributed by atoms with Gasteiger partial charge in [-0.05, 0) is 30.9 Å². The molecule has 1 fully saturated rings. The molecule has 1 amide bonds. The Hall–Kier alpha value is -1.97. The molecule has 0 saturated carbocycles. The first kappa shape index (κ1) is 14.0. The van der Waals surface area contributed by atoms with Crippen molar-refractivity contribution in [3.8, 4) is 0 Å². The molecular weight excluding hydrogens is 262 g/mol. The van der Waals surface area contributed by atoms with E-state index < -0.39 is 0 Å². The molecule has 1 aromatic carbocycles. The SMILES string of the molecule is CC(C)CC1(Cc2cnc3ccccc3n2)CCC(=O)N1. The first-order valence-electron chi connectivity index (χ1n) is 7.58. The summed E-state index contributed by atoms with van der Waals surface area (Å²) in [6.07, 6.45) is 5.09. The van der Waals surface area contributed by atoms with Crippen LogP contribution in [-0.2, 0) is 11.2 Å². The highest BCUT2D eigenvalue weighted by atomic mass is 16.2. The van der Waals surface area contributed by atoms with Crippen LogP contribution < -0.4 is 5.32 Å². The van der Waals surface area contributed by atoms with Gasteiger partial charge in [0.1, 0.15) is 0 Å². The molecule has 1 N–H and O–H groups in total. The van der Waals surface area contributed by atoms with E-state index in [1.807, 2.05) is 30.5 Å². The van der Waals surface area contributed by atoms with Gasteiger partial charge in [-0.1, -0.05) is 26.0 Å². The lowest BCUT2D eigenvalue weighted by Crippen LogP contribution is -2.44. The molecule has 1 unspecified atom stereocenters. The Bertz CT molecular complexity index is 668. The van der Waals surface area contributed by atoms with Gasteiger partial charge in [-0.2, -0.15) is 0 Å². The normalized spacial score (nSPS) is 22.0. The van der Waals surface area contributed by atoms with Crippen molar-refractivity contribution in [2.75, 3.05) is 0 Å². The Morgan fingerprint density at radius 3 is 2.71 bits per heavy atom. The molecule has 3 rings (SSSR count). The highest BCUT2D eigenvalue weighted by Gasteiger charge is 2.38. The van der Waals surface area contributed by atoms with E-state index in [-0.39, 0.29) is 11.4 Å². The van der Waals surface area contributed by atoms with Crippen molar-refractivity contribution in [1.29, 1.82) is 0 Å². The lowest BCUT2D eigenvalue weighted by atomic mass is 9.83. The first-order valence-corrected chi connectivity index (χ1v) is 7.58. The summed E-state index contributed by atoms with van der Waals surface area (Å²) in [4.78, 5) is 20.9. The van der Waals surface area contributed by atoms with Crippen molar-refractivity contribution in [3.05, 3.63) is 36.2 Å². The van der Waals surface area contributed by atoms with Crippen LogP contribution in [0.4, 0.5) is 0 Å². The molecule has 21 heavy (non-hydrogen) atoms. The lowest BCUT2D eigenvalue weighted by Gasteiger charge is -2.30. The van der Waals surface area contributed by atoms with Crippen molar-refractivity contribution < 1.29 is 4.79 Å². The summed E-state index contributed by atoms with van der Waals surface area (Å²) in [5.74, 6) is 0.696. The van der Waals surface area contributed by atoms with Gasteiger partial charge in [0.05, 0.1) is 16.7 Å². The molecule has 4 heteroatoms. The third kappa shape index (κ3) is 3.04. The second kappa shape index (κ2) is 5.43. The van der Waals surface area contributed by atoms with Gasteiger partial charge in [0.2, 0.25) is 5.91 Å². The van der Waals surface area contributed by atoms with Gasteiger partial charge in [-0.15, -0.1) is 0 Å². The molecule has 0 radical (unpaired) electrons. The van der Waals surface area contributed by atoms with E-state index in [4.69, 9.17) is 4.98 Å². The fraction of sp³-hybridized carbons (Fsp3) is 0.471. The van der Waals surface area contributed by atoms with E-state index in [0.717, 1.165) is 36.0 Å². The van der Waals surface area contributed by atoms with Crippen LogP contribution in [0, 0.1) is 5.92 Å². The summed E-state index contributed by atoms with van der Waals surface area (Å²) < 4.78 is 0. The summed E-state index contributed by atoms with van der Waals surface area (Å²) in [7, 11) is 0. The fourth-order valence-electron chi connectivity index (χ4n) is 3.34. The minimum Gasteiger partial charge on any atom is -0.350 e. The van der Waals surface area contributed by atoms with Crippen LogP contribution in [0.25, 0.3) is 11.0 Å². The smallest absolute Gasteiger partial charge is 0.220 e. The highest BCUT2D eigenvalue weighted by molar-refractivity contribution is 5.79. The zero-order valence-electron chi connectivity index (χ0n) is 12.6. The average molecular weight is 283 g/mol. The van der Waals surface area contributed by atoms with Crippen molar-refractivity contribution in [3.63, 3.8) is 0 Å². The second-order valence-corrected chi connectivity index (χ2v) is 6.45. The number of carbonyl (C=O) groups is 1. The number of hydrogen-bond acceptors (Lipinski definition) is 3. The minimum atomic E-state index is -0.150. The number of benzene rings is 1. The topological polar surface area (TPSA) is 54.9 Å². The molecule has 1 aliphatic rings. The number of aromatic nitrogens is 2. The predicted octanol–water partition coefficient (Wildman–Crippen LogP) is 2.87. The van der Waals surface area contributed by atoms with Crippen LogP contribution in [0.2, 0.25) is 0 Å². The monoisotopic (exact) mass is 283 g/mol. The van der Waals surface area contributed by atoms with E-state index in [0.29, 0.717) is 12.3 Å². The van der Waals surface area contributed by atoms with Gasteiger partial charge >= 0.3 is 0 Å². The largest absolute Gasteiger partial charge is 0.350 e. The standard InChI is InChI=1S/C17H21N3O/c1-12(2)9-17(8-7-16(21)20-17)10-13-11-18-14-5-3-4-6-15(14)19-13/h3-6,11-12H,7-10H2,1-2H3,(H,20,21). The number of hydrogen-bond donors (Lipinski definition) is 1. The highest BCUT2D eigenvalue weighted by Crippen LogP contribution is 2.30. The van der Waals surface area contributed by atoms with Crippen LogP contribution >= 0.6 is 0 Å². The summed E-state index contributed by atoms with van der Waals surface area (Å²) in [6.45, 7) is 4.39. The molecule has 1 atom stereocenters. The van der Waals surface area contributed by atoms with Crippen molar-refractivity contribution in [2.45, 2.75) is 45.1 Å². The molecule has 2 heterocycles. The Morgan fingerprint density at radius 1 is 1.29 bits per heavy atom. The van der Waals surface area contributed by atoms with Crippen LogP contribution in [0.3, 0.4) is 0 Å². The minimum absolute atomic E-state index is 0.150.